The van der Waals surface area contributed by atoms with Gasteiger partial charge in [0.2, 0.25) is 0 Å². The average Bonchev–Trinajstić information content (AvgIpc) is 2.75. The Morgan fingerprint density at radius 3 is 2.27 bits per heavy atom. The zero-order valence-corrected chi connectivity index (χ0v) is 19.4. The van der Waals surface area contributed by atoms with Crippen LogP contribution < -0.4 is 10.6 Å². The Kier molecular flexibility index (Phi) is 11.1. The van der Waals surface area contributed by atoms with Crippen LogP contribution in [0.25, 0.3) is 0 Å². The highest BCUT2D eigenvalue weighted by Crippen LogP contribution is 2.16. The summed E-state index contributed by atoms with van der Waals surface area (Å²) in [7, 11) is 3.92. The summed E-state index contributed by atoms with van der Waals surface area (Å²) in [6, 6.07) is 0. The van der Waals surface area contributed by atoms with Crippen LogP contribution in [0.4, 0.5) is 0 Å². The van der Waals surface area contributed by atoms with Gasteiger partial charge in [0.25, 0.3) is 0 Å². The van der Waals surface area contributed by atoms with E-state index in [4.69, 9.17) is 15.0 Å². The molecule has 0 atom stereocenters. The lowest BCUT2D eigenvalue weighted by Gasteiger charge is -2.13. The third-order valence-corrected chi connectivity index (χ3v) is 5.68. The van der Waals surface area contributed by atoms with Crippen molar-refractivity contribution in [2.24, 2.45) is 20.0 Å². The van der Waals surface area contributed by atoms with Crippen molar-refractivity contribution in [1.29, 1.82) is 0 Å². The second-order valence-electron chi connectivity index (χ2n) is 7.94. The highest BCUT2D eigenvalue weighted by molar-refractivity contribution is 6.17. The van der Waals surface area contributed by atoms with Crippen LogP contribution in [-0.2, 0) is 0 Å². The van der Waals surface area contributed by atoms with Crippen LogP contribution in [0.5, 0.6) is 0 Å². The minimum Gasteiger partial charge on any atom is -0.391 e. The first-order valence-electron chi connectivity index (χ1n) is 11.5. The molecule has 0 radical (unpaired) electrons. The molecule has 0 aromatic rings. The summed E-state index contributed by atoms with van der Waals surface area (Å²) < 4.78 is 0. The molecule has 0 saturated carbocycles. The molecule has 30 heavy (non-hydrogen) atoms. The maximum absolute atomic E-state index is 4.86. The lowest BCUT2D eigenvalue weighted by molar-refractivity contribution is 0.638. The standard InChI is InChI=1S/C24H40N6/c1-19-21-17-27-13-9-14-28-18-22(20(2)30-16-10-15-29-19)24(26-4)12-8-6-5-7-11-23(21)25-3/h17-18,25,30H,5-16H2,1-4H3. The molecule has 166 valence electrons. The molecule has 0 spiro atoms. The minimum atomic E-state index is 0.774. The molecule has 0 aliphatic carbocycles. The summed E-state index contributed by atoms with van der Waals surface area (Å²) in [4.78, 5) is 18.9. The maximum atomic E-state index is 4.86. The molecular weight excluding hydrogens is 372 g/mol. The van der Waals surface area contributed by atoms with Gasteiger partial charge in [-0.2, -0.15) is 0 Å². The summed E-state index contributed by atoms with van der Waals surface area (Å²) in [6.45, 7) is 7.50. The Bertz CT molecular complexity index is 724. The highest BCUT2D eigenvalue weighted by Gasteiger charge is 2.11. The Labute approximate surface area is 182 Å². The number of rotatable bonds is 1. The van der Waals surface area contributed by atoms with Crippen molar-refractivity contribution < 1.29 is 0 Å². The van der Waals surface area contributed by atoms with Crippen molar-refractivity contribution >= 4 is 23.9 Å². The first-order valence-corrected chi connectivity index (χ1v) is 11.5. The Morgan fingerprint density at radius 2 is 1.57 bits per heavy atom. The summed E-state index contributed by atoms with van der Waals surface area (Å²) in [5.74, 6) is 0. The van der Waals surface area contributed by atoms with Crippen LogP contribution in [0.2, 0.25) is 0 Å². The molecule has 2 N–H and O–H groups in total. The van der Waals surface area contributed by atoms with Gasteiger partial charge in [0.05, 0.1) is 0 Å². The summed E-state index contributed by atoms with van der Waals surface area (Å²) >= 11 is 0. The predicted molar refractivity (Wildman–Crippen MR) is 132 cm³/mol. The first-order chi connectivity index (χ1) is 14.7. The third-order valence-electron chi connectivity index (χ3n) is 5.68. The molecule has 0 amide bonds. The monoisotopic (exact) mass is 412 g/mol. The molecule has 0 aromatic heterocycles. The van der Waals surface area contributed by atoms with E-state index in [9.17, 15) is 0 Å². The largest absolute Gasteiger partial charge is 0.391 e. The maximum Gasteiger partial charge on any atom is 0.0449 e. The number of hydrogen-bond donors (Lipinski definition) is 2. The lowest BCUT2D eigenvalue weighted by atomic mass is 10.0. The van der Waals surface area contributed by atoms with Gasteiger partial charge >= 0.3 is 0 Å². The van der Waals surface area contributed by atoms with Crippen LogP contribution in [0.1, 0.15) is 65.2 Å². The van der Waals surface area contributed by atoms with E-state index in [1.807, 2.05) is 26.5 Å². The molecular formula is C24H40N6. The first kappa shape index (κ1) is 24.0. The predicted octanol–water partition coefficient (Wildman–Crippen LogP) is 4.14. The zero-order chi connectivity index (χ0) is 21.6. The fourth-order valence-corrected chi connectivity index (χ4v) is 3.83. The van der Waals surface area contributed by atoms with Crippen molar-refractivity contribution in [2.45, 2.75) is 65.2 Å². The van der Waals surface area contributed by atoms with E-state index >= 15 is 0 Å². The molecule has 0 saturated heterocycles. The van der Waals surface area contributed by atoms with Crippen molar-refractivity contribution in [3.05, 3.63) is 22.5 Å². The van der Waals surface area contributed by atoms with Crippen molar-refractivity contribution in [1.82, 2.24) is 10.6 Å². The molecule has 0 unspecified atom stereocenters. The van der Waals surface area contributed by atoms with Gasteiger partial charge in [-0.25, -0.2) is 0 Å². The van der Waals surface area contributed by atoms with Crippen LogP contribution in [0, 0.1) is 0 Å². The van der Waals surface area contributed by atoms with Crippen LogP contribution in [0.3, 0.4) is 0 Å². The lowest BCUT2D eigenvalue weighted by Crippen LogP contribution is -2.20. The Hall–Kier alpha value is -2.24. The van der Waals surface area contributed by atoms with Gasteiger partial charge < -0.3 is 10.6 Å². The van der Waals surface area contributed by atoms with Crippen molar-refractivity contribution in [2.75, 3.05) is 40.3 Å². The molecule has 3 heterocycles. The van der Waals surface area contributed by atoms with E-state index in [2.05, 4.69) is 29.5 Å². The van der Waals surface area contributed by atoms with Gasteiger partial charge in [0.15, 0.2) is 0 Å². The fourth-order valence-electron chi connectivity index (χ4n) is 3.83. The van der Waals surface area contributed by atoms with Gasteiger partial charge in [-0.15, -0.1) is 0 Å². The van der Waals surface area contributed by atoms with Gasteiger partial charge in [0.1, 0.15) is 0 Å². The molecule has 0 fully saturated rings. The van der Waals surface area contributed by atoms with Crippen LogP contribution in [0.15, 0.2) is 42.5 Å². The number of nitrogens with one attached hydrogen (secondary N) is 2. The average molecular weight is 413 g/mol. The molecule has 3 aliphatic heterocycles. The van der Waals surface area contributed by atoms with E-state index in [1.54, 1.807) is 0 Å². The van der Waals surface area contributed by atoms with Gasteiger partial charge in [-0.3, -0.25) is 20.0 Å². The third kappa shape index (κ3) is 7.88. The normalized spacial score (nSPS) is 22.4. The second kappa shape index (κ2) is 13.9. The van der Waals surface area contributed by atoms with E-state index in [-0.39, 0.29) is 0 Å². The quantitative estimate of drug-likeness (QED) is 0.679. The van der Waals surface area contributed by atoms with Crippen LogP contribution in [-0.4, -0.2) is 64.1 Å². The minimum absolute atomic E-state index is 0.774. The van der Waals surface area contributed by atoms with E-state index in [1.165, 1.54) is 25.0 Å². The molecule has 2 bridgehead atoms. The van der Waals surface area contributed by atoms with Gasteiger partial charge in [-0.05, 0) is 52.4 Å². The smallest absolute Gasteiger partial charge is 0.0449 e. The summed E-state index contributed by atoms with van der Waals surface area (Å²) in [5, 5.41) is 7.00. The molecule has 3 aliphatic rings. The number of fused-ring (bicyclic) bond motifs is 16. The van der Waals surface area contributed by atoms with Crippen LogP contribution >= 0.6 is 0 Å². The van der Waals surface area contributed by atoms with E-state index < -0.39 is 0 Å². The van der Waals surface area contributed by atoms with Crippen molar-refractivity contribution in [3.63, 3.8) is 0 Å². The number of hydrogen-bond acceptors (Lipinski definition) is 6. The fraction of sp³-hybridized carbons (Fsp3) is 0.667. The number of nitrogens with zero attached hydrogens (tertiary/aromatic N) is 4. The van der Waals surface area contributed by atoms with E-state index in [0.29, 0.717) is 0 Å². The van der Waals surface area contributed by atoms with Crippen molar-refractivity contribution in [3.8, 4) is 0 Å². The summed E-state index contributed by atoms with van der Waals surface area (Å²) in [6.07, 6.45) is 12.8. The summed E-state index contributed by atoms with van der Waals surface area (Å²) in [5.41, 5.74) is 6.95. The Balaban J connectivity index is 2.43. The van der Waals surface area contributed by atoms with Gasteiger partial charge in [0, 0.05) is 86.7 Å². The topological polar surface area (TPSA) is 73.5 Å². The Morgan fingerprint density at radius 1 is 0.867 bits per heavy atom. The zero-order valence-electron chi connectivity index (χ0n) is 19.4. The van der Waals surface area contributed by atoms with Gasteiger partial charge in [-0.1, -0.05) is 12.8 Å². The van der Waals surface area contributed by atoms with E-state index in [0.717, 1.165) is 86.5 Å². The molecule has 6 heteroatoms. The second-order valence-corrected chi connectivity index (χ2v) is 7.94. The molecule has 0 aromatic carbocycles. The number of aliphatic imine (C=N–C) groups is 4. The molecule has 6 nitrogen and oxygen atoms in total. The molecule has 3 rings (SSSR count). The SMILES string of the molecule is CN=C1CCCCCCC(NC)=C2C=NCCCN=CC1=C(C)NCCCN=C2C. The highest BCUT2D eigenvalue weighted by atomic mass is 14.9. The number of allylic oxidation sites excluding steroid dienone is 4.